The van der Waals surface area contributed by atoms with Gasteiger partial charge in [-0.15, -0.1) is 0 Å². The molecule has 0 aliphatic carbocycles. The summed E-state index contributed by atoms with van der Waals surface area (Å²) in [6, 6.07) is 0. The monoisotopic (exact) mass is 157 g/mol. The van der Waals surface area contributed by atoms with E-state index in [-0.39, 0.29) is 5.78 Å². The summed E-state index contributed by atoms with van der Waals surface area (Å²) in [4.78, 5) is 11.4. The summed E-state index contributed by atoms with van der Waals surface area (Å²) < 4.78 is 0. The predicted molar refractivity (Wildman–Crippen MR) is 47.3 cm³/mol. The van der Waals surface area contributed by atoms with Crippen molar-refractivity contribution in [3.8, 4) is 0 Å². The van der Waals surface area contributed by atoms with Gasteiger partial charge in [-0.1, -0.05) is 20.8 Å². The zero-order valence-electron chi connectivity index (χ0n) is 7.98. The minimum Gasteiger partial charge on any atom is -0.319 e. The van der Waals surface area contributed by atoms with Crippen LogP contribution in [-0.2, 0) is 4.79 Å². The summed E-state index contributed by atoms with van der Waals surface area (Å²) in [6.07, 6.45) is 1.32. The van der Waals surface area contributed by atoms with Gasteiger partial charge in [0.25, 0.3) is 0 Å². The minimum atomic E-state index is -0.607. The molecule has 2 heteroatoms. The molecule has 1 unspecified atom stereocenters. The van der Waals surface area contributed by atoms with Crippen LogP contribution < -0.4 is 5.73 Å². The van der Waals surface area contributed by atoms with Gasteiger partial charge in [0.1, 0.15) is 0 Å². The van der Waals surface area contributed by atoms with Gasteiger partial charge in [-0.2, -0.15) is 0 Å². The van der Waals surface area contributed by atoms with Crippen LogP contribution in [0.2, 0.25) is 0 Å². The van der Waals surface area contributed by atoms with Crippen LogP contribution in [0.3, 0.4) is 0 Å². The molecule has 0 heterocycles. The third-order valence-electron chi connectivity index (χ3n) is 1.97. The third-order valence-corrected chi connectivity index (χ3v) is 1.97. The second-order valence-electron chi connectivity index (χ2n) is 3.79. The van der Waals surface area contributed by atoms with Gasteiger partial charge < -0.3 is 5.73 Å². The van der Waals surface area contributed by atoms with Gasteiger partial charge in [-0.05, 0) is 19.3 Å². The van der Waals surface area contributed by atoms with E-state index in [1.807, 2.05) is 20.8 Å². The Hall–Kier alpha value is -0.370. The van der Waals surface area contributed by atoms with E-state index in [1.165, 1.54) is 0 Å². The van der Waals surface area contributed by atoms with Crippen LogP contribution in [0.15, 0.2) is 0 Å². The normalized spacial score (nSPS) is 16.5. The molecule has 0 saturated carbocycles. The molecule has 0 bridgehead atoms. The fourth-order valence-corrected chi connectivity index (χ4v) is 0.801. The SMILES string of the molecule is CCC(C)(N)C(=O)CC(C)C. The van der Waals surface area contributed by atoms with Crippen LogP contribution in [-0.4, -0.2) is 11.3 Å². The predicted octanol–water partition coefficient (Wildman–Crippen LogP) is 1.73. The lowest BCUT2D eigenvalue weighted by Gasteiger charge is -2.21. The Morgan fingerprint density at radius 2 is 2.00 bits per heavy atom. The summed E-state index contributed by atoms with van der Waals surface area (Å²) >= 11 is 0. The Morgan fingerprint density at radius 3 is 2.27 bits per heavy atom. The summed E-state index contributed by atoms with van der Waals surface area (Å²) in [7, 11) is 0. The first-order valence-corrected chi connectivity index (χ1v) is 4.22. The van der Waals surface area contributed by atoms with Crippen molar-refractivity contribution in [2.75, 3.05) is 0 Å². The zero-order valence-corrected chi connectivity index (χ0v) is 7.98. The average molecular weight is 157 g/mol. The van der Waals surface area contributed by atoms with E-state index in [0.29, 0.717) is 12.3 Å². The standard InChI is InChI=1S/C9H19NO/c1-5-9(4,10)8(11)6-7(2)3/h7H,5-6,10H2,1-4H3. The van der Waals surface area contributed by atoms with Crippen molar-refractivity contribution in [1.29, 1.82) is 0 Å². The van der Waals surface area contributed by atoms with Crippen molar-refractivity contribution in [2.45, 2.75) is 46.1 Å². The van der Waals surface area contributed by atoms with Crippen LogP contribution in [0.1, 0.15) is 40.5 Å². The Bertz CT molecular complexity index is 138. The van der Waals surface area contributed by atoms with E-state index in [4.69, 9.17) is 5.73 Å². The lowest BCUT2D eigenvalue weighted by atomic mass is 9.89. The van der Waals surface area contributed by atoms with Gasteiger partial charge in [-0.25, -0.2) is 0 Å². The van der Waals surface area contributed by atoms with Crippen LogP contribution in [0.25, 0.3) is 0 Å². The van der Waals surface area contributed by atoms with Crippen molar-refractivity contribution >= 4 is 5.78 Å². The van der Waals surface area contributed by atoms with Crippen molar-refractivity contribution in [1.82, 2.24) is 0 Å². The maximum atomic E-state index is 11.4. The first-order chi connectivity index (χ1) is 4.90. The quantitative estimate of drug-likeness (QED) is 0.675. The molecule has 0 aromatic heterocycles. The van der Waals surface area contributed by atoms with E-state index in [2.05, 4.69) is 0 Å². The number of Topliss-reactive ketones (excluding diaryl/α,β-unsaturated/α-hetero) is 1. The summed E-state index contributed by atoms with van der Waals surface area (Å²) in [6.45, 7) is 7.81. The smallest absolute Gasteiger partial charge is 0.152 e. The molecule has 0 rings (SSSR count). The van der Waals surface area contributed by atoms with E-state index in [9.17, 15) is 4.79 Å². The number of carbonyl (C=O) groups excluding carboxylic acids is 1. The molecular formula is C9H19NO. The Morgan fingerprint density at radius 1 is 1.55 bits per heavy atom. The molecule has 0 aliphatic heterocycles. The zero-order chi connectivity index (χ0) is 9.07. The fourth-order valence-electron chi connectivity index (χ4n) is 0.801. The van der Waals surface area contributed by atoms with Gasteiger partial charge >= 0.3 is 0 Å². The molecule has 0 radical (unpaired) electrons. The van der Waals surface area contributed by atoms with Crippen LogP contribution in [0, 0.1) is 5.92 Å². The van der Waals surface area contributed by atoms with Crippen LogP contribution in [0.5, 0.6) is 0 Å². The topological polar surface area (TPSA) is 43.1 Å². The van der Waals surface area contributed by atoms with Crippen LogP contribution >= 0.6 is 0 Å². The number of hydrogen-bond acceptors (Lipinski definition) is 2. The lowest BCUT2D eigenvalue weighted by Crippen LogP contribution is -2.44. The maximum absolute atomic E-state index is 11.4. The summed E-state index contributed by atoms with van der Waals surface area (Å²) in [5.41, 5.74) is 5.15. The molecule has 0 amide bonds. The number of hydrogen-bond donors (Lipinski definition) is 1. The highest BCUT2D eigenvalue weighted by Gasteiger charge is 2.25. The number of nitrogens with two attached hydrogens (primary N) is 1. The molecule has 2 N–H and O–H groups in total. The highest BCUT2D eigenvalue weighted by Crippen LogP contribution is 2.12. The molecule has 1 atom stereocenters. The highest BCUT2D eigenvalue weighted by atomic mass is 16.1. The first kappa shape index (κ1) is 10.6. The Labute approximate surface area is 69.2 Å². The van der Waals surface area contributed by atoms with Crippen molar-refractivity contribution in [2.24, 2.45) is 11.7 Å². The van der Waals surface area contributed by atoms with Gasteiger partial charge in [0.15, 0.2) is 5.78 Å². The number of ketones is 1. The molecule has 0 spiro atoms. The fraction of sp³-hybridized carbons (Fsp3) is 0.889. The van der Waals surface area contributed by atoms with Gasteiger partial charge in [0.2, 0.25) is 0 Å². The lowest BCUT2D eigenvalue weighted by molar-refractivity contribution is -0.124. The molecule has 0 aromatic carbocycles. The van der Waals surface area contributed by atoms with E-state index >= 15 is 0 Å². The van der Waals surface area contributed by atoms with Crippen molar-refractivity contribution < 1.29 is 4.79 Å². The van der Waals surface area contributed by atoms with E-state index < -0.39 is 5.54 Å². The molecule has 11 heavy (non-hydrogen) atoms. The van der Waals surface area contributed by atoms with Gasteiger partial charge in [0, 0.05) is 6.42 Å². The molecule has 66 valence electrons. The average Bonchev–Trinajstić information content (AvgIpc) is 1.86. The van der Waals surface area contributed by atoms with E-state index in [1.54, 1.807) is 6.92 Å². The van der Waals surface area contributed by atoms with Crippen molar-refractivity contribution in [3.63, 3.8) is 0 Å². The van der Waals surface area contributed by atoms with Crippen molar-refractivity contribution in [3.05, 3.63) is 0 Å². The molecular weight excluding hydrogens is 138 g/mol. The molecule has 0 aromatic rings. The Balaban J connectivity index is 4.02. The third kappa shape index (κ3) is 3.51. The number of carbonyl (C=O) groups is 1. The van der Waals surface area contributed by atoms with E-state index in [0.717, 1.165) is 6.42 Å². The molecule has 0 fully saturated rings. The molecule has 0 aliphatic rings. The minimum absolute atomic E-state index is 0.176. The number of rotatable bonds is 4. The second-order valence-corrected chi connectivity index (χ2v) is 3.79. The largest absolute Gasteiger partial charge is 0.319 e. The Kier molecular flexibility index (Phi) is 3.73. The molecule has 0 saturated heterocycles. The summed E-state index contributed by atoms with van der Waals surface area (Å²) in [5, 5.41) is 0. The van der Waals surface area contributed by atoms with Crippen LogP contribution in [0.4, 0.5) is 0 Å². The first-order valence-electron chi connectivity index (χ1n) is 4.22. The molecule has 2 nitrogen and oxygen atoms in total. The van der Waals surface area contributed by atoms with Gasteiger partial charge in [0.05, 0.1) is 5.54 Å². The maximum Gasteiger partial charge on any atom is 0.152 e. The second kappa shape index (κ2) is 3.86. The summed E-state index contributed by atoms with van der Waals surface area (Å²) in [5.74, 6) is 0.590. The highest BCUT2D eigenvalue weighted by molar-refractivity contribution is 5.87. The van der Waals surface area contributed by atoms with Gasteiger partial charge in [-0.3, -0.25) is 4.79 Å².